The van der Waals surface area contributed by atoms with Gasteiger partial charge in [-0.25, -0.2) is 9.97 Å². The van der Waals surface area contributed by atoms with E-state index in [4.69, 9.17) is 9.97 Å². The first kappa shape index (κ1) is 34.5. The summed E-state index contributed by atoms with van der Waals surface area (Å²) in [5.74, 6) is 1.78. The highest BCUT2D eigenvalue weighted by Crippen LogP contribution is 2.39. The fourth-order valence-corrected chi connectivity index (χ4v) is 10.9. The fraction of sp³-hybridized carbons (Fsp3) is 0. The summed E-state index contributed by atoms with van der Waals surface area (Å²) in [7, 11) is 0. The molecule has 63 heavy (non-hydrogen) atoms. The van der Waals surface area contributed by atoms with E-state index in [9.17, 15) is 0 Å². The molecule has 5 heterocycles. The number of benzene rings is 9. The summed E-state index contributed by atoms with van der Waals surface area (Å²) in [5.41, 5.74) is 17.7. The van der Waals surface area contributed by atoms with Crippen LogP contribution in [0.5, 0.6) is 0 Å². The van der Waals surface area contributed by atoms with Gasteiger partial charge in [0.25, 0.3) is 0 Å². The molecule has 14 aromatic rings. The largest absolute Gasteiger partial charge is 0.278 e. The number of hydrogen-bond donors (Lipinski definition) is 0. The van der Waals surface area contributed by atoms with Crippen LogP contribution in [-0.2, 0) is 0 Å². The van der Waals surface area contributed by atoms with Crippen LogP contribution in [0.25, 0.3) is 121 Å². The summed E-state index contributed by atoms with van der Waals surface area (Å²) in [6, 6.07) is 74.3. The number of rotatable bonds is 5. The number of nitrogens with zero attached hydrogens (tertiary/aromatic N) is 6. The Kier molecular flexibility index (Phi) is 7.17. The Balaban J connectivity index is 0.939. The maximum atomic E-state index is 5.25. The Bertz CT molecular complexity index is 4140. The van der Waals surface area contributed by atoms with E-state index in [-0.39, 0.29) is 0 Å². The third kappa shape index (κ3) is 5.11. The average molecular weight is 823 g/mol. The van der Waals surface area contributed by atoms with Gasteiger partial charge in [0.1, 0.15) is 0 Å². The minimum atomic E-state index is 0.884. The van der Waals surface area contributed by atoms with E-state index >= 15 is 0 Å². The number of hydrogen-bond acceptors (Lipinski definition) is 3. The van der Waals surface area contributed by atoms with Crippen LogP contribution in [-0.4, -0.2) is 27.9 Å². The van der Waals surface area contributed by atoms with E-state index in [0.29, 0.717) is 0 Å². The lowest BCUT2D eigenvalue weighted by Gasteiger charge is -2.10. The van der Waals surface area contributed by atoms with E-state index in [2.05, 4.69) is 224 Å². The molecular formula is C56H34N6S. The summed E-state index contributed by atoms with van der Waals surface area (Å²) in [5, 5.41) is 2.55. The summed E-state index contributed by atoms with van der Waals surface area (Å²) >= 11 is 1.84. The Morgan fingerprint density at radius 1 is 0.302 bits per heavy atom. The first-order valence-electron chi connectivity index (χ1n) is 21.2. The number of aromatic nitrogens is 6. The van der Waals surface area contributed by atoms with Gasteiger partial charge in [-0.05, 0) is 118 Å². The molecule has 0 aliphatic rings. The monoisotopic (exact) mass is 822 g/mol. The number of fused-ring (bicyclic) bond motifs is 13. The number of para-hydroxylation sites is 4. The molecule has 0 N–H and O–H groups in total. The van der Waals surface area contributed by atoms with E-state index in [1.807, 2.05) is 11.3 Å². The van der Waals surface area contributed by atoms with Gasteiger partial charge in [-0.1, -0.05) is 121 Å². The second-order valence-electron chi connectivity index (χ2n) is 16.3. The molecule has 0 bridgehead atoms. The van der Waals surface area contributed by atoms with Crippen molar-refractivity contribution in [2.24, 2.45) is 0 Å². The van der Waals surface area contributed by atoms with Crippen molar-refractivity contribution in [2.75, 3.05) is 0 Å². The van der Waals surface area contributed by atoms with Gasteiger partial charge in [0.2, 0.25) is 11.6 Å². The fourth-order valence-electron chi connectivity index (χ4n) is 9.83. The van der Waals surface area contributed by atoms with E-state index in [0.717, 1.165) is 83.8 Å². The second-order valence-corrected chi connectivity index (χ2v) is 17.4. The zero-order chi connectivity index (χ0) is 41.2. The summed E-state index contributed by atoms with van der Waals surface area (Å²) < 4.78 is 11.9. The SMILES string of the molecule is c1ccc(-c2ccc(-c3cccc(-n4c5ccc(-c6ccc7c(c6)n6c8ccccc8nc6n7-c6ccc7sc8ccccc8c7c6)cc5n5c6ccccc6nc45)c3)cc2)cc1. The average Bonchev–Trinajstić information content (AvgIpc) is 4.15. The highest BCUT2D eigenvalue weighted by molar-refractivity contribution is 7.25. The maximum absolute atomic E-state index is 5.25. The van der Waals surface area contributed by atoms with Crippen LogP contribution in [0.15, 0.2) is 206 Å². The van der Waals surface area contributed by atoms with Gasteiger partial charge >= 0.3 is 0 Å². The third-order valence-corrected chi connectivity index (χ3v) is 13.9. The van der Waals surface area contributed by atoms with Gasteiger partial charge in [-0.15, -0.1) is 11.3 Å². The molecule has 0 amide bonds. The van der Waals surface area contributed by atoms with Crippen molar-refractivity contribution in [2.45, 2.75) is 0 Å². The Hall–Kier alpha value is -8.26. The topological polar surface area (TPSA) is 44.5 Å². The molecule has 14 rings (SSSR count). The molecule has 0 unspecified atom stereocenters. The lowest BCUT2D eigenvalue weighted by atomic mass is 10.00. The Morgan fingerprint density at radius 2 is 0.794 bits per heavy atom. The van der Waals surface area contributed by atoms with Gasteiger partial charge in [0.15, 0.2) is 0 Å². The van der Waals surface area contributed by atoms with Gasteiger partial charge in [0, 0.05) is 31.5 Å². The first-order valence-corrected chi connectivity index (χ1v) is 22.1. The summed E-state index contributed by atoms with van der Waals surface area (Å²) in [6.07, 6.45) is 0. The van der Waals surface area contributed by atoms with Crippen LogP contribution in [0.3, 0.4) is 0 Å². The van der Waals surface area contributed by atoms with Crippen LogP contribution in [0.1, 0.15) is 0 Å². The molecule has 5 aromatic heterocycles. The minimum Gasteiger partial charge on any atom is -0.278 e. The van der Waals surface area contributed by atoms with Crippen molar-refractivity contribution in [3.8, 4) is 44.8 Å². The lowest BCUT2D eigenvalue weighted by Crippen LogP contribution is -1.95. The molecule has 0 saturated carbocycles. The summed E-state index contributed by atoms with van der Waals surface area (Å²) in [6.45, 7) is 0. The quantitative estimate of drug-likeness (QED) is 0.174. The van der Waals surface area contributed by atoms with Crippen molar-refractivity contribution < 1.29 is 0 Å². The van der Waals surface area contributed by atoms with Gasteiger partial charge in [-0.2, -0.15) is 0 Å². The number of imidazole rings is 4. The highest BCUT2D eigenvalue weighted by Gasteiger charge is 2.21. The van der Waals surface area contributed by atoms with E-state index < -0.39 is 0 Å². The molecule has 0 radical (unpaired) electrons. The van der Waals surface area contributed by atoms with Crippen LogP contribution >= 0.6 is 11.3 Å². The van der Waals surface area contributed by atoms with Gasteiger partial charge in [-0.3, -0.25) is 17.9 Å². The second kappa shape index (κ2) is 13.1. The van der Waals surface area contributed by atoms with Crippen molar-refractivity contribution in [3.63, 3.8) is 0 Å². The Morgan fingerprint density at radius 3 is 1.46 bits per heavy atom. The minimum absolute atomic E-state index is 0.884. The summed E-state index contributed by atoms with van der Waals surface area (Å²) in [4.78, 5) is 10.5. The van der Waals surface area contributed by atoms with Crippen LogP contribution < -0.4 is 0 Å². The lowest BCUT2D eigenvalue weighted by molar-refractivity contribution is 1.11. The zero-order valence-corrected chi connectivity index (χ0v) is 34.5. The van der Waals surface area contributed by atoms with Crippen molar-refractivity contribution in [3.05, 3.63) is 206 Å². The van der Waals surface area contributed by atoms with Crippen molar-refractivity contribution in [1.82, 2.24) is 27.9 Å². The molecule has 0 atom stereocenters. The molecule has 0 aliphatic carbocycles. The van der Waals surface area contributed by atoms with Gasteiger partial charge in [0.05, 0.1) is 44.1 Å². The smallest absolute Gasteiger partial charge is 0.220 e. The molecule has 0 aliphatic heterocycles. The van der Waals surface area contributed by atoms with Crippen molar-refractivity contribution in [1.29, 1.82) is 0 Å². The molecule has 0 saturated heterocycles. The highest BCUT2D eigenvalue weighted by atomic mass is 32.1. The molecular weight excluding hydrogens is 789 g/mol. The van der Waals surface area contributed by atoms with Crippen LogP contribution in [0.4, 0.5) is 0 Å². The van der Waals surface area contributed by atoms with E-state index in [1.165, 1.54) is 36.9 Å². The predicted molar refractivity (Wildman–Crippen MR) is 262 cm³/mol. The zero-order valence-electron chi connectivity index (χ0n) is 33.7. The van der Waals surface area contributed by atoms with Crippen molar-refractivity contribution >= 4 is 87.2 Å². The first-order chi connectivity index (χ1) is 31.2. The maximum Gasteiger partial charge on any atom is 0.220 e. The Labute approximate surface area is 364 Å². The number of thiophene rings is 1. The molecule has 7 heteroatoms. The van der Waals surface area contributed by atoms with Crippen LogP contribution in [0, 0.1) is 0 Å². The third-order valence-electron chi connectivity index (χ3n) is 12.8. The molecule has 0 fully saturated rings. The molecule has 0 spiro atoms. The van der Waals surface area contributed by atoms with E-state index in [1.54, 1.807) is 0 Å². The standard InChI is InChI=1S/C56H34N6S/c1-2-11-35(12-3-1)36-21-23-37(24-22-36)38-13-10-14-41(31-38)59-49-28-25-39(32-51(49)61-47-18-7-5-16-45(47)57-55(59)61)40-26-29-50-52(33-40)62-48-19-8-6-17-46(48)58-56(62)60(50)42-27-30-54-44(34-42)43-15-4-9-20-53(43)63-54/h1-34H. The molecule has 6 nitrogen and oxygen atoms in total. The molecule has 294 valence electrons. The van der Waals surface area contributed by atoms with Gasteiger partial charge < -0.3 is 0 Å². The van der Waals surface area contributed by atoms with Crippen LogP contribution in [0.2, 0.25) is 0 Å². The predicted octanol–water partition coefficient (Wildman–Crippen LogP) is 14.5. The molecule has 9 aromatic carbocycles. The normalized spacial score (nSPS) is 12.1.